The number of hydrogen-bond donors (Lipinski definition) is 0. The molecule has 0 aliphatic rings. The second kappa shape index (κ2) is 5.17. The quantitative estimate of drug-likeness (QED) is 0.714. The van der Waals surface area contributed by atoms with Crippen LogP contribution in [-0.4, -0.2) is 9.78 Å². The van der Waals surface area contributed by atoms with Crippen LogP contribution in [0.3, 0.4) is 0 Å². The Morgan fingerprint density at radius 3 is 2.75 bits per heavy atom. The maximum absolute atomic E-state index is 13.2. The maximum atomic E-state index is 13.2. The molecule has 20 heavy (non-hydrogen) atoms. The Hall–Kier alpha value is -2.62. The average Bonchev–Trinajstić information content (AvgIpc) is 2.90. The summed E-state index contributed by atoms with van der Waals surface area (Å²) in [5.41, 5.74) is 1.70. The zero-order chi connectivity index (χ0) is 13.9. The van der Waals surface area contributed by atoms with Gasteiger partial charge in [-0.15, -0.1) is 0 Å². The largest absolute Gasteiger partial charge is 0.454 e. The molecular weight excluding hydrogens is 255 g/mol. The molecule has 0 unspecified atom stereocenters. The van der Waals surface area contributed by atoms with E-state index >= 15 is 0 Å². The Kier molecular flexibility index (Phi) is 3.21. The molecule has 0 saturated heterocycles. The molecule has 0 bridgehead atoms. The molecular formula is C16H13FN2O. The number of para-hydroxylation sites is 1. The van der Waals surface area contributed by atoms with E-state index in [0.717, 1.165) is 11.3 Å². The lowest BCUT2D eigenvalue weighted by molar-refractivity contribution is 0.478. The average molecular weight is 268 g/mol. The van der Waals surface area contributed by atoms with Crippen LogP contribution in [0.15, 0.2) is 60.9 Å². The van der Waals surface area contributed by atoms with Crippen LogP contribution in [0.25, 0.3) is 5.69 Å². The van der Waals surface area contributed by atoms with Crippen LogP contribution in [0.1, 0.15) is 5.56 Å². The lowest BCUT2D eigenvalue weighted by Gasteiger charge is -2.05. The summed E-state index contributed by atoms with van der Waals surface area (Å²) in [4.78, 5) is 0. The van der Waals surface area contributed by atoms with Gasteiger partial charge in [0, 0.05) is 0 Å². The van der Waals surface area contributed by atoms with Gasteiger partial charge in [-0.05, 0) is 36.8 Å². The highest BCUT2D eigenvalue weighted by atomic mass is 19.1. The van der Waals surface area contributed by atoms with E-state index < -0.39 is 0 Å². The van der Waals surface area contributed by atoms with E-state index in [1.165, 1.54) is 12.1 Å². The van der Waals surface area contributed by atoms with Gasteiger partial charge in [-0.25, -0.2) is 9.07 Å². The molecule has 0 aliphatic carbocycles. The van der Waals surface area contributed by atoms with Crippen LogP contribution in [0.4, 0.5) is 4.39 Å². The van der Waals surface area contributed by atoms with E-state index in [1.54, 1.807) is 29.2 Å². The van der Waals surface area contributed by atoms with Gasteiger partial charge in [0.1, 0.15) is 11.6 Å². The van der Waals surface area contributed by atoms with Gasteiger partial charge in [-0.2, -0.15) is 5.10 Å². The van der Waals surface area contributed by atoms with Crippen molar-refractivity contribution in [1.82, 2.24) is 9.78 Å². The van der Waals surface area contributed by atoms with Crippen molar-refractivity contribution < 1.29 is 9.13 Å². The van der Waals surface area contributed by atoms with Gasteiger partial charge in [-0.3, -0.25) is 0 Å². The fraction of sp³-hybridized carbons (Fsp3) is 0.0625. The second-order valence-electron chi connectivity index (χ2n) is 4.47. The molecule has 0 spiro atoms. The van der Waals surface area contributed by atoms with Gasteiger partial charge in [0.15, 0.2) is 5.75 Å². The smallest absolute Gasteiger partial charge is 0.165 e. The number of ether oxygens (including phenoxy) is 1. The summed E-state index contributed by atoms with van der Waals surface area (Å²) in [7, 11) is 0. The first kappa shape index (κ1) is 12.4. The molecule has 100 valence electrons. The summed E-state index contributed by atoms with van der Waals surface area (Å²) in [5.74, 6) is 1.11. The zero-order valence-electron chi connectivity index (χ0n) is 11.0. The van der Waals surface area contributed by atoms with Crippen LogP contribution >= 0.6 is 0 Å². The molecule has 3 rings (SSSR count). The lowest BCUT2D eigenvalue weighted by atomic mass is 10.2. The predicted octanol–water partition coefficient (Wildman–Crippen LogP) is 4.11. The van der Waals surface area contributed by atoms with Crippen molar-refractivity contribution in [2.24, 2.45) is 0 Å². The summed E-state index contributed by atoms with van der Waals surface area (Å²) in [6.45, 7) is 1.98. The monoisotopic (exact) mass is 268 g/mol. The van der Waals surface area contributed by atoms with Crippen LogP contribution in [0.5, 0.6) is 11.5 Å². The SMILES string of the molecule is Cc1ccccc1Oc1cnn(-c2cccc(F)c2)c1. The Balaban J connectivity index is 1.86. The molecule has 3 aromatic rings. The molecule has 0 aliphatic heterocycles. The summed E-state index contributed by atoms with van der Waals surface area (Å²) in [6, 6.07) is 14.0. The fourth-order valence-electron chi connectivity index (χ4n) is 1.92. The standard InChI is InChI=1S/C16H13FN2O/c1-12-5-2-3-8-16(12)20-15-10-18-19(11-15)14-7-4-6-13(17)9-14/h2-11H,1H3. The minimum Gasteiger partial charge on any atom is -0.454 e. The molecule has 0 saturated carbocycles. The molecule has 3 nitrogen and oxygen atoms in total. The fourth-order valence-corrected chi connectivity index (χ4v) is 1.92. The molecule has 0 atom stereocenters. The minimum atomic E-state index is -0.292. The summed E-state index contributed by atoms with van der Waals surface area (Å²) >= 11 is 0. The van der Waals surface area contributed by atoms with Gasteiger partial charge in [0.2, 0.25) is 0 Å². The van der Waals surface area contributed by atoms with Crippen LogP contribution in [-0.2, 0) is 0 Å². The highest BCUT2D eigenvalue weighted by Gasteiger charge is 2.05. The second-order valence-corrected chi connectivity index (χ2v) is 4.47. The molecule has 4 heteroatoms. The van der Waals surface area contributed by atoms with Crippen molar-refractivity contribution in [3.8, 4) is 17.2 Å². The first-order chi connectivity index (χ1) is 9.72. The number of rotatable bonds is 3. The summed E-state index contributed by atoms with van der Waals surface area (Å²) in [5, 5.41) is 4.18. The van der Waals surface area contributed by atoms with E-state index in [0.29, 0.717) is 11.4 Å². The van der Waals surface area contributed by atoms with E-state index in [4.69, 9.17) is 4.74 Å². The number of hydrogen-bond acceptors (Lipinski definition) is 2. The van der Waals surface area contributed by atoms with Gasteiger partial charge in [0.25, 0.3) is 0 Å². The minimum absolute atomic E-state index is 0.292. The zero-order valence-corrected chi connectivity index (χ0v) is 11.0. The van der Waals surface area contributed by atoms with Crippen molar-refractivity contribution in [3.63, 3.8) is 0 Å². The van der Waals surface area contributed by atoms with Gasteiger partial charge in [-0.1, -0.05) is 24.3 Å². The number of aryl methyl sites for hydroxylation is 1. The Morgan fingerprint density at radius 2 is 1.95 bits per heavy atom. The third kappa shape index (κ3) is 2.54. The van der Waals surface area contributed by atoms with E-state index in [2.05, 4.69) is 5.10 Å². The van der Waals surface area contributed by atoms with Gasteiger partial charge >= 0.3 is 0 Å². The van der Waals surface area contributed by atoms with Crippen molar-refractivity contribution in [3.05, 3.63) is 72.3 Å². The molecule has 0 radical (unpaired) electrons. The molecule has 1 heterocycles. The lowest BCUT2D eigenvalue weighted by Crippen LogP contribution is -1.94. The van der Waals surface area contributed by atoms with Gasteiger partial charge < -0.3 is 4.74 Å². The van der Waals surface area contributed by atoms with Crippen LogP contribution in [0.2, 0.25) is 0 Å². The van der Waals surface area contributed by atoms with Crippen LogP contribution < -0.4 is 4.74 Å². The van der Waals surface area contributed by atoms with Gasteiger partial charge in [0.05, 0.1) is 18.1 Å². The predicted molar refractivity (Wildman–Crippen MR) is 74.8 cm³/mol. The third-order valence-electron chi connectivity index (χ3n) is 2.95. The van der Waals surface area contributed by atoms with Crippen LogP contribution in [0, 0.1) is 12.7 Å². The summed E-state index contributed by atoms with van der Waals surface area (Å²) in [6.07, 6.45) is 3.33. The number of nitrogens with zero attached hydrogens (tertiary/aromatic N) is 2. The van der Waals surface area contributed by atoms with Crippen molar-refractivity contribution in [2.75, 3.05) is 0 Å². The summed E-state index contributed by atoms with van der Waals surface area (Å²) < 4.78 is 20.5. The first-order valence-electron chi connectivity index (χ1n) is 6.26. The van der Waals surface area contributed by atoms with Crippen molar-refractivity contribution in [1.29, 1.82) is 0 Å². The highest BCUT2D eigenvalue weighted by Crippen LogP contribution is 2.24. The van der Waals surface area contributed by atoms with Crippen molar-refractivity contribution >= 4 is 0 Å². The molecule has 1 aromatic heterocycles. The molecule has 0 fully saturated rings. The number of aromatic nitrogens is 2. The number of halogens is 1. The third-order valence-corrected chi connectivity index (χ3v) is 2.95. The molecule has 2 aromatic carbocycles. The van der Waals surface area contributed by atoms with E-state index in [-0.39, 0.29) is 5.82 Å². The Bertz CT molecular complexity index is 737. The maximum Gasteiger partial charge on any atom is 0.165 e. The molecule has 0 N–H and O–H groups in total. The number of benzene rings is 2. The van der Waals surface area contributed by atoms with E-state index in [9.17, 15) is 4.39 Å². The van der Waals surface area contributed by atoms with E-state index in [1.807, 2.05) is 31.2 Å². The topological polar surface area (TPSA) is 27.1 Å². The Labute approximate surface area is 116 Å². The normalized spacial score (nSPS) is 10.5. The first-order valence-corrected chi connectivity index (χ1v) is 6.26. The highest BCUT2D eigenvalue weighted by molar-refractivity contribution is 5.37. The Morgan fingerprint density at radius 1 is 1.10 bits per heavy atom. The molecule has 0 amide bonds. The van der Waals surface area contributed by atoms with Crippen molar-refractivity contribution in [2.45, 2.75) is 6.92 Å².